The van der Waals surface area contributed by atoms with Gasteiger partial charge in [-0.05, 0) is 127 Å². The normalized spacial score (nSPS) is 11.2. The van der Waals surface area contributed by atoms with Crippen LogP contribution in [0.25, 0.3) is 84.1 Å². The van der Waals surface area contributed by atoms with Crippen molar-refractivity contribution in [2.45, 2.75) is 0 Å². The highest BCUT2D eigenvalue weighted by Crippen LogP contribution is 2.50. The third-order valence-corrected chi connectivity index (χ3v) is 13.6. The summed E-state index contributed by atoms with van der Waals surface area (Å²) in [5.74, 6) is 0. The molecule has 0 saturated heterocycles. The molecule has 0 aliphatic heterocycles. The zero-order valence-electron chi connectivity index (χ0n) is 29.6. The highest BCUT2D eigenvalue weighted by Gasteiger charge is 2.21. The molecule has 11 aromatic rings. The molecule has 9 aromatic carbocycles. The van der Waals surface area contributed by atoms with E-state index in [1.165, 1.54) is 84.1 Å². The topological polar surface area (TPSA) is 0 Å². The number of rotatable bonds is 2. The van der Waals surface area contributed by atoms with Crippen LogP contribution in [0.15, 0.2) is 182 Å². The fourth-order valence-electron chi connectivity index (χ4n) is 7.22. The molecule has 11 rings (SSSR count). The van der Waals surface area contributed by atoms with Gasteiger partial charge >= 0.3 is 0 Å². The van der Waals surface area contributed by atoms with Crippen LogP contribution in [0.4, 0.5) is 0 Å². The van der Waals surface area contributed by atoms with Crippen molar-refractivity contribution in [1.82, 2.24) is 0 Å². The van der Waals surface area contributed by atoms with Gasteiger partial charge in [0, 0.05) is 30.3 Å². The van der Waals surface area contributed by atoms with Crippen LogP contribution < -0.4 is 0 Å². The van der Waals surface area contributed by atoms with Crippen LogP contribution in [0.1, 0.15) is 0 Å². The molecule has 0 radical (unpaired) electrons. The summed E-state index contributed by atoms with van der Waals surface area (Å²) in [7, 11) is 0. The van der Waals surface area contributed by atoms with Crippen molar-refractivity contribution in [3.63, 3.8) is 0 Å². The maximum Gasteiger partial charge on any atom is 0.0592 e. The van der Waals surface area contributed by atoms with E-state index < -0.39 is 0 Å². The van der Waals surface area contributed by atoms with Gasteiger partial charge in [0.05, 0.1) is 20.1 Å². The molecule has 2 aromatic heterocycles. The van der Waals surface area contributed by atoms with E-state index in [0.29, 0.717) is 20.1 Å². The maximum absolute atomic E-state index is 5.58. The fraction of sp³-hybridized carbons (Fsp3) is 0. The molecule has 2 heterocycles. The Hall–Kier alpha value is -4.90. The van der Waals surface area contributed by atoms with Gasteiger partial charge in [-0.15, -0.1) is 22.7 Å². The van der Waals surface area contributed by atoms with Crippen LogP contribution >= 0.6 is 69.1 Å². The number of fused-ring (bicyclic) bond motifs is 6. The highest BCUT2D eigenvalue weighted by molar-refractivity contribution is 7.23. The Morgan fingerprint density at radius 1 is 0.268 bits per heavy atom. The molecule has 0 spiro atoms. The number of halogens is 4. The summed E-state index contributed by atoms with van der Waals surface area (Å²) in [6.45, 7) is 0. The Bertz CT molecular complexity index is 2790. The summed E-state index contributed by atoms with van der Waals surface area (Å²) >= 11 is 26.1. The van der Waals surface area contributed by atoms with Crippen LogP contribution in [0.2, 0.25) is 20.1 Å². The first-order chi connectivity index (χ1) is 27.4. The first-order valence-electron chi connectivity index (χ1n) is 18.0. The monoisotopic (exact) mass is 834 g/mol. The maximum atomic E-state index is 5.58. The Kier molecular flexibility index (Phi) is 10.4. The van der Waals surface area contributed by atoms with E-state index in [4.69, 9.17) is 46.4 Å². The van der Waals surface area contributed by atoms with Crippen LogP contribution in [0.5, 0.6) is 0 Å². The van der Waals surface area contributed by atoms with Gasteiger partial charge in [0.25, 0.3) is 0 Å². The molecule has 0 aliphatic carbocycles. The molecule has 0 fully saturated rings. The summed E-state index contributed by atoms with van der Waals surface area (Å²) < 4.78 is 2.66. The molecular weight excluding hydrogens is 806 g/mol. The van der Waals surface area contributed by atoms with Crippen LogP contribution in [0, 0.1) is 0 Å². The molecule has 0 bridgehead atoms. The van der Waals surface area contributed by atoms with Crippen molar-refractivity contribution in [1.29, 1.82) is 0 Å². The summed E-state index contributed by atoms with van der Waals surface area (Å²) in [5.41, 5.74) is 2.68. The van der Waals surface area contributed by atoms with E-state index in [1.54, 1.807) is 24.3 Å². The van der Waals surface area contributed by atoms with Gasteiger partial charge in [0.15, 0.2) is 0 Å². The lowest BCUT2D eigenvalue weighted by Crippen LogP contribution is -1.90. The fourth-order valence-corrected chi connectivity index (χ4v) is 10.0. The Balaban J connectivity index is 0.000000213. The summed E-state index contributed by atoms with van der Waals surface area (Å²) in [5, 5.41) is 15.4. The van der Waals surface area contributed by atoms with E-state index in [9.17, 15) is 0 Å². The van der Waals surface area contributed by atoms with E-state index >= 15 is 0 Å². The Morgan fingerprint density at radius 3 is 0.786 bits per heavy atom. The van der Waals surface area contributed by atoms with Crippen LogP contribution in [-0.2, 0) is 0 Å². The molecule has 0 saturated carbocycles. The van der Waals surface area contributed by atoms with E-state index in [-0.39, 0.29) is 0 Å². The highest BCUT2D eigenvalue weighted by atomic mass is 35.5. The lowest BCUT2D eigenvalue weighted by molar-refractivity contribution is 1.71. The average Bonchev–Trinajstić information content (AvgIpc) is 3.86. The first-order valence-corrected chi connectivity index (χ1v) is 21.1. The van der Waals surface area contributed by atoms with Gasteiger partial charge < -0.3 is 0 Å². The van der Waals surface area contributed by atoms with Crippen molar-refractivity contribution >= 4 is 132 Å². The first kappa shape index (κ1) is 36.7. The average molecular weight is 837 g/mol. The molecule has 0 N–H and O–H groups in total. The van der Waals surface area contributed by atoms with Crippen molar-refractivity contribution in [3.05, 3.63) is 202 Å². The third-order valence-electron chi connectivity index (χ3n) is 9.84. The quantitative estimate of drug-likeness (QED) is 0.152. The van der Waals surface area contributed by atoms with E-state index in [1.807, 2.05) is 46.9 Å². The summed E-state index contributed by atoms with van der Waals surface area (Å²) in [6.07, 6.45) is 0. The number of hydrogen-bond acceptors (Lipinski definition) is 2. The van der Waals surface area contributed by atoms with Gasteiger partial charge in [-0.2, -0.15) is 0 Å². The minimum Gasteiger partial charge on any atom is -0.135 e. The molecular formula is C50H30Cl4S2. The molecule has 0 nitrogen and oxygen atoms in total. The van der Waals surface area contributed by atoms with Crippen molar-refractivity contribution in [2.75, 3.05) is 0 Å². The van der Waals surface area contributed by atoms with Crippen molar-refractivity contribution < 1.29 is 0 Å². The van der Waals surface area contributed by atoms with Gasteiger partial charge in [0.1, 0.15) is 0 Å². The number of benzene rings is 9. The number of hydrogen-bond donors (Lipinski definition) is 0. The van der Waals surface area contributed by atoms with E-state index in [2.05, 4.69) is 133 Å². The van der Waals surface area contributed by atoms with Crippen LogP contribution in [0.3, 0.4) is 0 Å². The second-order valence-electron chi connectivity index (χ2n) is 13.4. The molecule has 270 valence electrons. The smallest absolute Gasteiger partial charge is 0.0592 e. The van der Waals surface area contributed by atoms with Crippen molar-refractivity contribution in [2.24, 2.45) is 0 Å². The predicted octanol–water partition coefficient (Wildman–Crippen LogP) is 18.0. The van der Waals surface area contributed by atoms with Gasteiger partial charge in [-0.3, -0.25) is 0 Å². The molecule has 56 heavy (non-hydrogen) atoms. The zero-order valence-corrected chi connectivity index (χ0v) is 34.3. The predicted molar refractivity (Wildman–Crippen MR) is 251 cm³/mol. The minimum absolute atomic E-state index is 0.606. The second kappa shape index (κ2) is 15.9. The lowest BCUT2D eigenvalue weighted by atomic mass is 9.87. The Labute approximate surface area is 352 Å². The van der Waals surface area contributed by atoms with Gasteiger partial charge in [-0.1, -0.05) is 156 Å². The molecule has 0 amide bonds. The van der Waals surface area contributed by atoms with Crippen LogP contribution in [-0.4, -0.2) is 0 Å². The van der Waals surface area contributed by atoms with Gasteiger partial charge in [0.2, 0.25) is 0 Å². The zero-order chi connectivity index (χ0) is 38.2. The van der Waals surface area contributed by atoms with Gasteiger partial charge in [-0.25, -0.2) is 0 Å². The SMILES string of the molecule is Clc1ccccc1Cl.Clc1ccccc1Cl.c1ccc2cc3c(-c4cc5ccccc5s4)c4cc5ccccc5cc4c(-c4cc5ccccc5s4)c3cc2c1. The van der Waals surface area contributed by atoms with Crippen molar-refractivity contribution in [3.8, 4) is 20.9 Å². The summed E-state index contributed by atoms with van der Waals surface area (Å²) in [6, 6.07) is 63.9. The molecule has 0 aliphatic rings. The summed E-state index contributed by atoms with van der Waals surface area (Å²) in [4.78, 5) is 2.65. The molecule has 0 atom stereocenters. The minimum atomic E-state index is 0.606. The molecule has 6 heteroatoms. The molecule has 0 unspecified atom stereocenters. The lowest BCUT2D eigenvalue weighted by Gasteiger charge is -2.18. The van der Waals surface area contributed by atoms with E-state index in [0.717, 1.165) is 0 Å². The standard InChI is InChI=1S/C38H22S2.2C6H4Cl2/c1-2-10-24-18-30-29(17-23(24)9-1)37(35-21-27-13-5-7-15-33(27)39-35)31-19-25-11-3-4-12-26(25)20-32(31)38(30)36-22-28-14-6-8-16-34(28)40-36;2*7-5-3-1-2-4-6(5)8/h1-22H;2*1-4H. The second-order valence-corrected chi connectivity index (χ2v) is 17.2. The third kappa shape index (κ3) is 7.26. The Morgan fingerprint density at radius 2 is 0.518 bits per heavy atom. The largest absolute Gasteiger partial charge is 0.135 e. The number of thiophene rings is 2.